The Morgan fingerprint density at radius 3 is 2.56 bits per heavy atom. The van der Waals surface area contributed by atoms with Gasteiger partial charge in [-0.2, -0.15) is 0 Å². The summed E-state index contributed by atoms with van der Waals surface area (Å²) in [6.07, 6.45) is 8.46. The predicted octanol–water partition coefficient (Wildman–Crippen LogP) is 4.01. The van der Waals surface area contributed by atoms with Gasteiger partial charge in [-0.1, -0.05) is 43.9 Å². The number of rotatable bonds is 0. The highest BCUT2D eigenvalue weighted by molar-refractivity contribution is 5.64. The molecule has 1 fully saturated rings. The highest BCUT2D eigenvalue weighted by Gasteiger charge is 2.38. The normalized spacial score (nSPS) is 22.6. The molecule has 1 heterocycles. The molecule has 2 aliphatic rings. The van der Waals surface area contributed by atoms with Crippen LogP contribution in [0.5, 0.6) is 0 Å². The standard InChI is InChI=1S/C15H21N/c1-12-7-6-8-13-14(12)16-11-15(13)9-4-2-3-5-10-15/h6-8,16H,2-5,9-11H2,1H3. The zero-order valence-corrected chi connectivity index (χ0v) is 10.2. The maximum absolute atomic E-state index is 3.66. The van der Waals surface area contributed by atoms with Gasteiger partial charge >= 0.3 is 0 Å². The fraction of sp³-hybridized carbons (Fsp3) is 0.600. The van der Waals surface area contributed by atoms with Gasteiger partial charge < -0.3 is 5.32 Å². The SMILES string of the molecule is Cc1cccc2c1NCC21CCCCCC1. The maximum Gasteiger partial charge on any atom is 0.0409 e. The number of benzene rings is 1. The summed E-state index contributed by atoms with van der Waals surface area (Å²) < 4.78 is 0. The lowest BCUT2D eigenvalue weighted by molar-refractivity contribution is 0.408. The van der Waals surface area contributed by atoms with Gasteiger partial charge in [-0.25, -0.2) is 0 Å². The third-order valence-corrected chi connectivity index (χ3v) is 4.51. The number of nitrogens with one attached hydrogen (secondary N) is 1. The van der Waals surface area contributed by atoms with Gasteiger partial charge in [0.05, 0.1) is 0 Å². The molecule has 1 nitrogen and oxygen atoms in total. The largest absolute Gasteiger partial charge is 0.384 e. The second-order valence-electron chi connectivity index (χ2n) is 5.55. The lowest BCUT2D eigenvalue weighted by atomic mass is 9.76. The van der Waals surface area contributed by atoms with E-state index in [1.165, 1.54) is 56.3 Å². The molecule has 1 aliphatic carbocycles. The molecule has 3 rings (SSSR count). The van der Waals surface area contributed by atoms with Crippen LogP contribution in [0.2, 0.25) is 0 Å². The first-order chi connectivity index (χ1) is 7.82. The fourth-order valence-electron chi connectivity index (χ4n) is 3.55. The van der Waals surface area contributed by atoms with Crippen LogP contribution < -0.4 is 5.32 Å². The second-order valence-corrected chi connectivity index (χ2v) is 5.55. The van der Waals surface area contributed by atoms with Crippen molar-refractivity contribution in [3.63, 3.8) is 0 Å². The molecule has 1 saturated carbocycles. The first kappa shape index (κ1) is 10.2. The zero-order valence-electron chi connectivity index (χ0n) is 10.2. The lowest BCUT2D eigenvalue weighted by Crippen LogP contribution is -2.27. The van der Waals surface area contributed by atoms with Crippen molar-refractivity contribution in [1.29, 1.82) is 0 Å². The van der Waals surface area contributed by atoms with Gasteiger partial charge in [0.2, 0.25) is 0 Å². The summed E-state index contributed by atoms with van der Waals surface area (Å²) >= 11 is 0. The molecule has 1 heteroatoms. The molecule has 1 aromatic rings. The van der Waals surface area contributed by atoms with E-state index in [-0.39, 0.29) is 0 Å². The van der Waals surface area contributed by atoms with Crippen molar-refractivity contribution in [2.45, 2.75) is 50.9 Å². The fourth-order valence-corrected chi connectivity index (χ4v) is 3.55. The molecule has 0 amide bonds. The average Bonchev–Trinajstić information content (AvgIpc) is 2.49. The van der Waals surface area contributed by atoms with Crippen LogP contribution in [0.15, 0.2) is 18.2 Å². The van der Waals surface area contributed by atoms with Gasteiger partial charge in [0.1, 0.15) is 0 Å². The molecular weight excluding hydrogens is 194 g/mol. The highest BCUT2D eigenvalue weighted by atomic mass is 14.9. The first-order valence-electron chi connectivity index (χ1n) is 6.66. The molecule has 1 aromatic carbocycles. The van der Waals surface area contributed by atoms with Crippen molar-refractivity contribution in [1.82, 2.24) is 0 Å². The highest BCUT2D eigenvalue weighted by Crippen LogP contribution is 2.46. The molecule has 1 aliphatic heterocycles. The summed E-state index contributed by atoms with van der Waals surface area (Å²) in [5.41, 5.74) is 4.93. The first-order valence-corrected chi connectivity index (χ1v) is 6.66. The molecule has 16 heavy (non-hydrogen) atoms. The Morgan fingerprint density at radius 1 is 1.06 bits per heavy atom. The minimum absolute atomic E-state index is 0.470. The van der Waals surface area contributed by atoms with Crippen LogP contribution in [0.3, 0.4) is 0 Å². The predicted molar refractivity (Wildman–Crippen MR) is 69.0 cm³/mol. The molecule has 86 valence electrons. The molecule has 1 N–H and O–H groups in total. The van der Waals surface area contributed by atoms with Gasteiger partial charge in [0.25, 0.3) is 0 Å². The minimum Gasteiger partial charge on any atom is -0.384 e. The Bertz CT molecular complexity index is 386. The van der Waals surface area contributed by atoms with Crippen LogP contribution in [0, 0.1) is 6.92 Å². The Morgan fingerprint density at radius 2 is 1.81 bits per heavy atom. The van der Waals surface area contributed by atoms with Gasteiger partial charge in [-0.05, 0) is 30.9 Å². The summed E-state index contributed by atoms with van der Waals surface area (Å²) in [6, 6.07) is 6.81. The topological polar surface area (TPSA) is 12.0 Å². The van der Waals surface area contributed by atoms with Gasteiger partial charge in [-0.15, -0.1) is 0 Å². The van der Waals surface area contributed by atoms with E-state index in [1.54, 1.807) is 5.56 Å². The van der Waals surface area contributed by atoms with E-state index in [2.05, 4.69) is 30.4 Å². The smallest absolute Gasteiger partial charge is 0.0409 e. The quantitative estimate of drug-likeness (QED) is 0.689. The van der Waals surface area contributed by atoms with Crippen molar-refractivity contribution in [2.75, 3.05) is 11.9 Å². The third kappa shape index (κ3) is 1.45. The summed E-state index contributed by atoms with van der Waals surface area (Å²) in [4.78, 5) is 0. The molecule has 0 aromatic heterocycles. The van der Waals surface area contributed by atoms with Crippen LogP contribution in [0.4, 0.5) is 5.69 Å². The van der Waals surface area contributed by atoms with Gasteiger partial charge in [0, 0.05) is 17.6 Å². The molecule has 0 bridgehead atoms. The van der Waals surface area contributed by atoms with E-state index in [4.69, 9.17) is 0 Å². The maximum atomic E-state index is 3.66. The van der Waals surface area contributed by atoms with E-state index in [0.717, 1.165) is 0 Å². The monoisotopic (exact) mass is 215 g/mol. The minimum atomic E-state index is 0.470. The zero-order chi connectivity index (χ0) is 11.0. The number of anilines is 1. The molecule has 1 spiro atoms. The Labute approximate surface area is 98.3 Å². The molecule has 0 saturated heterocycles. The Balaban J connectivity index is 2.03. The van der Waals surface area contributed by atoms with E-state index in [9.17, 15) is 0 Å². The lowest BCUT2D eigenvalue weighted by Gasteiger charge is -2.27. The van der Waals surface area contributed by atoms with Crippen LogP contribution in [-0.4, -0.2) is 6.54 Å². The van der Waals surface area contributed by atoms with Crippen LogP contribution >= 0.6 is 0 Å². The van der Waals surface area contributed by atoms with Crippen molar-refractivity contribution in [3.05, 3.63) is 29.3 Å². The molecule has 0 radical (unpaired) electrons. The Hall–Kier alpha value is -0.980. The van der Waals surface area contributed by atoms with Crippen molar-refractivity contribution < 1.29 is 0 Å². The summed E-state index contributed by atoms with van der Waals surface area (Å²) in [7, 11) is 0. The molecule has 0 unspecified atom stereocenters. The Kier molecular flexibility index (Phi) is 2.42. The molecule has 0 atom stereocenters. The van der Waals surface area contributed by atoms with Crippen molar-refractivity contribution in [3.8, 4) is 0 Å². The second kappa shape index (κ2) is 3.80. The van der Waals surface area contributed by atoms with Crippen LogP contribution in [0.25, 0.3) is 0 Å². The number of fused-ring (bicyclic) bond motifs is 2. The summed E-state index contributed by atoms with van der Waals surface area (Å²) in [5.74, 6) is 0. The van der Waals surface area contributed by atoms with Gasteiger partial charge in [-0.3, -0.25) is 0 Å². The number of para-hydroxylation sites is 1. The molecular formula is C15H21N. The summed E-state index contributed by atoms with van der Waals surface area (Å²) in [5, 5.41) is 3.66. The summed E-state index contributed by atoms with van der Waals surface area (Å²) in [6.45, 7) is 3.40. The van der Waals surface area contributed by atoms with Crippen LogP contribution in [-0.2, 0) is 5.41 Å². The van der Waals surface area contributed by atoms with Crippen molar-refractivity contribution >= 4 is 5.69 Å². The van der Waals surface area contributed by atoms with Crippen molar-refractivity contribution in [2.24, 2.45) is 0 Å². The number of hydrogen-bond donors (Lipinski definition) is 1. The number of aryl methyl sites for hydroxylation is 1. The third-order valence-electron chi connectivity index (χ3n) is 4.51. The van der Waals surface area contributed by atoms with E-state index in [1.807, 2.05) is 0 Å². The number of hydrogen-bond acceptors (Lipinski definition) is 1. The average molecular weight is 215 g/mol. The van der Waals surface area contributed by atoms with E-state index < -0.39 is 0 Å². The van der Waals surface area contributed by atoms with E-state index >= 15 is 0 Å². The van der Waals surface area contributed by atoms with E-state index in [0.29, 0.717) is 5.41 Å². The van der Waals surface area contributed by atoms with Gasteiger partial charge in [0.15, 0.2) is 0 Å². The van der Waals surface area contributed by atoms with Crippen LogP contribution in [0.1, 0.15) is 49.7 Å².